The summed E-state index contributed by atoms with van der Waals surface area (Å²) in [4.78, 5) is 15.5. The van der Waals surface area contributed by atoms with E-state index < -0.39 is 21.4 Å². The molecule has 0 spiro atoms. The third-order valence-corrected chi connectivity index (χ3v) is 6.06. The molecule has 0 atom stereocenters. The Morgan fingerprint density at radius 3 is 2.31 bits per heavy atom. The van der Waals surface area contributed by atoms with Crippen molar-refractivity contribution in [2.24, 2.45) is 10.7 Å². The smallest absolute Gasteiger partial charge is 0.366 e. The molecule has 1 aromatic rings. The van der Waals surface area contributed by atoms with E-state index in [9.17, 15) is 26.4 Å². The molecule has 12 heteroatoms. The van der Waals surface area contributed by atoms with Gasteiger partial charge in [0.15, 0.2) is 5.96 Å². The van der Waals surface area contributed by atoms with Gasteiger partial charge in [-0.05, 0) is 37.5 Å². The van der Waals surface area contributed by atoms with Gasteiger partial charge in [-0.2, -0.15) is 17.5 Å². The second-order valence-electron chi connectivity index (χ2n) is 6.52. The summed E-state index contributed by atoms with van der Waals surface area (Å²) in [6.45, 7) is 2.34. The van der Waals surface area contributed by atoms with Crippen molar-refractivity contribution in [3.63, 3.8) is 0 Å². The van der Waals surface area contributed by atoms with Crippen LogP contribution in [0.5, 0.6) is 0 Å². The third kappa shape index (κ3) is 6.07. The summed E-state index contributed by atoms with van der Waals surface area (Å²) in [6.07, 6.45) is 0.458. The number of hydrogen-bond donors (Lipinski definition) is 3. The number of primary amides is 1. The van der Waals surface area contributed by atoms with Crippen LogP contribution in [0.3, 0.4) is 0 Å². The van der Waals surface area contributed by atoms with Crippen LogP contribution in [0.15, 0.2) is 29.3 Å². The molecule has 1 aliphatic rings. The van der Waals surface area contributed by atoms with Crippen LogP contribution in [0.2, 0.25) is 0 Å². The molecule has 29 heavy (non-hydrogen) atoms. The summed E-state index contributed by atoms with van der Waals surface area (Å²) in [5, 5.41) is 6.18. The molecule has 1 aromatic carbocycles. The van der Waals surface area contributed by atoms with E-state index in [1.54, 1.807) is 24.3 Å². The number of rotatable bonds is 6. The van der Waals surface area contributed by atoms with E-state index in [4.69, 9.17) is 5.73 Å². The minimum absolute atomic E-state index is 0.204. The Hall–Kier alpha value is -2.34. The van der Waals surface area contributed by atoms with Crippen molar-refractivity contribution in [2.75, 3.05) is 19.6 Å². The van der Waals surface area contributed by atoms with Crippen LogP contribution in [0.1, 0.15) is 35.7 Å². The molecule has 0 saturated carbocycles. The second-order valence-corrected chi connectivity index (χ2v) is 8.45. The maximum atomic E-state index is 12.7. The molecule has 1 saturated heterocycles. The van der Waals surface area contributed by atoms with Gasteiger partial charge < -0.3 is 16.4 Å². The van der Waals surface area contributed by atoms with Gasteiger partial charge >= 0.3 is 15.5 Å². The minimum atomic E-state index is -5.29. The maximum Gasteiger partial charge on any atom is 0.511 e. The van der Waals surface area contributed by atoms with Gasteiger partial charge in [-0.1, -0.05) is 12.1 Å². The summed E-state index contributed by atoms with van der Waals surface area (Å²) in [6, 6.07) is 6.46. The first-order valence-electron chi connectivity index (χ1n) is 9.04. The zero-order chi connectivity index (χ0) is 21.7. The predicted octanol–water partition coefficient (Wildman–Crippen LogP) is 1.15. The average Bonchev–Trinajstić information content (AvgIpc) is 2.66. The average molecular weight is 435 g/mol. The van der Waals surface area contributed by atoms with Crippen molar-refractivity contribution in [2.45, 2.75) is 37.9 Å². The Morgan fingerprint density at radius 2 is 1.83 bits per heavy atom. The van der Waals surface area contributed by atoms with Gasteiger partial charge in [0, 0.05) is 31.2 Å². The number of carbonyl (C=O) groups is 1. The van der Waals surface area contributed by atoms with Crippen molar-refractivity contribution < 1.29 is 26.4 Å². The first kappa shape index (κ1) is 22.9. The number of alkyl halides is 3. The highest BCUT2D eigenvalue weighted by Gasteiger charge is 2.50. The lowest BCUT2D eigenvalue weighted by Crippen LogP contribution is -2.51. The second kappa shape index (κ2) is 9.44. The number of nitrogens with two attached hydrogens (primary N) is 1. The molecule has 1 fully saturated rings. The van der Waals surface area contributed by atoms with Crippen LogP contribution in [-0.4, -0.2) is 55.8 Å². The van der Waals surface area contributed by atoms with E-state index in [2.05, 4.69) is 15.6 Å². The fourth-order valence-electron chi connectivity index (χ4n) is 2.85. The van der Waals surface area contributed by atoms with Crippen molar-refractivity contribution >= 4 is 21.9 Å². The largest absolute Gasteiger partial charge is 0.511 e. The number of aliphatic imine (C=N–C) groups is 1. The quantitative estimate of drug-likeness (QED) is 0.458. The molecule has 0 unspecified atom stereocenters. The Kier molecular flexibility index (Phi) is 7.47. The summed E-state index contributed by atoms with van der Waals surface area (Å²) >= 11 is 0. The number of piperidine rings is 1. The van der Waals surface area contributed by atoms with Crippen LogP contribution in [0.25, 0.3) is 0 Å². The zero-order valence-electron chi connectivity index (χ0n) is 15.9. The molecule has 2 rings (SSSR count). The molecule has 0 bridgehead atoms. The number of benzene rings is 1. The fraction of sp³-hybridized carbons (Fsp3) is 0.529. The molecule has 4 N–H and O–H groups in total. The normalized spacial score (nSPS) is 17.2. The van der Waals surface area contributed by atoms with E-state index >= 15 is 0 Å². The van der Waals surface area contributed by atoms with Crippen LogP contribution in [0.4, 0.5) is 13.2 Å². The highest BCUT2D eigenvalue weighted by molar-refractivity contribution is 7.90. The molecule has 0 radical (unpaired) electrons. The first-order valence-corrected chi connectivity index (χ1v) is 10.5. The zero-order valence-corrected chi connectivity index (χ0v) is 16.7. The highest BCUT2D eigenvalue weighted by atomic mass is 32.2. The van der Waals surface area contributed by atoms with Gasteiger partial charge in [-0.15, -0.1) is 0 Å². The van der Waals surface area contributed by atoms with Gasteiger partial charge in [0.2, 0.25) is 5.91 Å². The fourth-order valence-corrected chi connectivity index (χ4v) is 3.83. The number of amides is 1. The number of sulfonamides is 1. The van der Waals surface area contributed by atoms with Gasteiger partial charge in [-0.3, -0.25) is 4.79 Å². The Balaban J connectivity index is 1.95. The Bertz CT molecular complexity index is 833. The van der Waals surface area contributed by atoms with Crippen LogP contribution in [0, 0.1) is 0 Å². The van der Waals surface area contributed by atoms with E-state index in [-0.39, 0.29) is 32.0 Å². The molecule has 8 nitrogen and oxygen atoms in total. The summed E-state index contributed by atoms with van der Waals surface area (Å²) < 4.78 is 61.4. The molecule has 1 aliphatic heterocycles. The summed E-state index contributed by atoms with van der Waals surface area (Å²) in [5.74, 6) is -0.0439. The molecule has 1 heterocycles. The number of halogens is 3. The Morgan fingerprint density at radius 1 is 1.24 bits per heavy atom. The minimum Gasteiger partial charge on any atom is -0.366 e. The van der Waals surface area contributed by atoms with Crippen LogP contribution >= 0.6 is 0 Å². The number of guanidine groups is 1. The molecule has 0 aliphatic carbocycles. The van der Waals surface area contributed by atoms with E-state index in [1.165, 1.54) is 0 Å². The predicted molar refractivity (Wildman–Crippen MR) is 102 cm³/mol. The Labute approximate surface area is 167 Å². The molecular formula is C17H24F3N5O3S. The van der Waals surface area contributed by atoms with Crippen molar-refractivity contribution in [3.8, 4) is 0 Å². The number of hydrogen-bond acceptors (Lipinski definition) is 4. The third-order valence-electron chi connectivity index (χ3n) is 4.43. The van der Waals surface area contributed by atoms with Gasteiger partial charge in [0.1, 0.15) is 0 Å². The first-order chi connectivity index (χ1) is 13.5. The summed E-state index contributed by atoms with van der Waals surface area (Å²) in [7, 11) is -5.29. The maximum absolute atomic E-state index is 12.7. The lowest BCUT2D eigenvalue weighted by atomic mass is 10.1. The van der Waals surface area contributed by atoms with E-state index in [1.807, 2.05) is 6.92 Å². The van der Waals surface area contributed by atoms with Gasteiger partial charge in [-0.25, -0.2) is 13.4 Å². The van der Waals surface area contributed by atoms with Crippen LogP contribution < -0.4 is 16.4 Å². The lowest BCUT2D eigenvalue weighted by molar-refractivity contribution is -0.0494. The summed E-state index contributed by atoms with van der Waals surface area (Å²) in [5.41, 5.74) is 1.15. The monoisotopic (exact) mass is 435 g/mol. The van der Waals surface area contributed by atoms with Gasteiger partial charge in [0.25, 0.3) is 0 Å². The van der Waals surface area contributed by atoms with Crippen molar-refractivity contribution in [1.29, 1.82) is 0 Å². The van der Waals surface area contributed by atoms with E-state index in [0.717, 1.165) is 5.56 Å². The van der Waals surface area contributed by atoms with E-state index in [0.29, 0.717) is 28.9 Å². The molecule has 1 amide bonds. The SMILES string of the molecule is CCNC(=NCc1ccc(C(N)=O)cc1)NC1CCN(S(=O)(=O)C(F)(F)F)CC1. The number of nitrogens with zero attached hydrogens (tertiary/aromatic N) is 2. The topological polar surface area (TPSA) is 117 Å². The van der Waals surface area contributed by atoms with Crippen molar-refractivity contribution in [1.82, 2.24) is 14.9 Å². The lowest BCUT2D eigenvalue weighted by Gasteiger charge is -2.32. The van der Waals surface area contributed by atoms with Crippen LogP contribution in [-0.2, 0) is 16.6 Å². The van der Waals surface area contributed by atoms with Crippen molar-refractivity contribution in [3.05, 3.63) is 35.4 Å². The molecule has 162 valence electrons. The molecular weight excluding hydrogens is 411 g/mol. The van der Waals surface area contributed by atoms with Gasteiger partial charge in [0.05, 0.1) is 6.54 Å². The molecule has 0 aromatic heterocycles. The number of carbonyl (C=O) groups excluding carboxylic acids is 1. The number of nitrogens with one attached hydrogen (secondary N) is 2. The highest BCUT2D eigenvalue weighted by Crippen LogP contribution is 2.28. The standard InChI is InChI=1S/C17H24F3N5O3S/c1-2-22-16(23-11-12-3-5-13(6-4-12)15(21)26)24-14-7-9-25(10-8-14)29(27,28)17(18,19)20/h3-6,14H,2,7-11H2,1H3,(H2,21,26)(H2,22,23,24).